The van der Waals surface area contributed by atoms with E-state index in [1.807, 2.05) is 13.8 Å². The first-order valence-corrected chi connectivity index (χ1v) is 7.98. The largest absolute Gasteiger partial charge is 0.481 e. The second-order valence-electron chi connectivity index (χ2n) is 6.07. The Morgan fingerprint density at radius 2 is 1.96 bits per heavy atom. The van der Waals surface area contributed by atoms with Crippen LogP contribution in [0.1, 0.15) is 39.5 Å². The number of nitrogens with one attached hydrogen (secondary N) is 2. The van der Waals surface area contributed by atoms with Gasteiger partial charge in [0.1, 0.15) is 0 Å². The summed E-state index contributed by atoms with van der Waals surface area (Å²) in [5.41, 5.74) is 4.92. The quantitative estimate of drug-likeness (QED) is 0.269. The molecule has 0 aromatic carbocycles. The summed E-state index contributed by atoms with van der Waals surface area (Å²) in [7, 11) is 0. The zero-order chi connectivity index (χ0) is 17.7. The number of aliphatic hydroxyl groups excluding tert-OH is 1. The number of carboxylic acids is 1. The predicted molar refractivity (Wildman–Crippen MR) is 87.1 cm³/mol. The van der Waals surface area contributed by atoms with Crippen LogP contribution in [0.5, 0.6) is 0 Å². The lowest BCUT2D eigenvalue weighted by atomic mass is 10.0. The Balaban J connectivity index is 4.19. The van der Waals surface area contributed by atoms with Crippen LogP contribution in [0.25, 0.3) is 0 Å². The van der Waals surface area contributed by atoms with E-state index >= 15 is 0 Å². The van der Waals surface area contributed by atoms with Crippen LogP contribution in [0, 0.1) is 0 Å². The first kappa shape index (κ1) is 21.8. The van der Waals surface area contributed by atoms with Crippen molar-refractivity contribution in [1.29, 1.82) is 0 Å². The number of aliphatic carboxylic acids is 1. The zero-order valence-electron chi connectivity index (χ0n) is 14.1. The lowest BCUT2D eigenvalue weighted by molar-refractivity contribution is -0.138. The molecule has 0 aromatic heterocycles. The molecule has 8 heteroatoms. The molecule has 6 N–H and O–H groups in total. The Hall–Kier alpha value is -1.22. The lowest BCUT2D eigenvalue weighted by Gasteiger charge is -2.29. The highest BCUT2D eigenvalue weighted by Crippen LogP contribution is 2.08. The molecule has 136 valence electrons. The summed E-state index contributed by atoms with van der Waals surface area (Å²) >= 11 is 0. The molecule has 8 nitrogen and oxygen atoms in total. The molecule has 0 aliphatic carbocycles. The molecular weight excluding hydrogens is 302 g/mol. The summed E-state index contributed by atoms with van der Waals surface area (Å²) in [5.74, 6) is -1.07. The summed E-state index contributed by atoms with van der Waals surface area (Å²) < 4.78 is 5.12. The van der Waals surface area contributed by atoms with Gasteiger partial charge in [-0.2, -0.15) is 0 Å². The van der Waals surface area contributed by atoms with Gasteiger partial charge in [0.15, 0.2) is 0 Å². The summed E-state index contributed by atoms with van der Waals surface area (Å²) in [6.07, 6.45) is 2.23. The molecule has 0 saturated carbocycles. The van der Waals surface area contributed by atoms with Crippen molar-refractivity contribution in [3.63, 3.8) is 0 Å². The molecule has 0 rings (SSSR count). The smallest absolute Gasteiger partial charge is 0.305 e. The van der Waals surface area contributed by atoms with E-state index in [-0.39, 0.29) is 32.1 Å². The fourth-order valence-electron chi connectivity index (χ4n) is 1.91. The van der Waals surface area contributed by atoms with Gasteiger partial charge in [0.2, 0.25) is 5.91 Å². The Kier molecular flexibility index (Phi) is 11.6. The molecule has 0 fully saturated rings. The van der Waals surface area contributed by atoms with Crippen LogP contribution in [-0.2, 0) is 14.3 Å². The van der Waals surface area contributed by atoms with Gasteiger partial charge < -0.3 is 26.0 Å². The summed E-state index contributed by atoms with van der Waals surface area (Å²) in [6, 6.07) is -0.414. The molecule has 0 aromatic rings. The van der Waals surface area contributed by atoms with Crippen LogP contribution in [0.4, 0.5) is 0 Å². The molecule has 0 radical (unpaired) electrons. The first-order valence-electron chi connectivity index (χ1n) is 7.98. The van der Waals surface area contributed by atoms with E-state index in [1.165, 1.54) is 0 Å². The van der Waals surface area contributed by atoms with Gasteiger partial charge in [-0.1, -0.05) is 6.42 Å². The number of unbranched alkanes of at least 4 members (excludes halogenated alkanes) is 1. The monoisotopic (exact) mass is 333 g/mol. The summed E-state index contributed by atoms with van der Waals surface area (Å²) in [6.45, 7) is 4.85. The third kappa shape index (κ3) is 11.9. The van der Waals surface area contributed by atoms with Gasteiger partial charge in [-0.25, -0.2) is 0 Å². The highest BCUT2D eigenvalue weighted by atomic mass is 16.5. The minimum Gasteiger partial charge on any atom is -0.481 e. The maximum atomic E-state index is 12.2. The minimum absolute atomic E-state index is 0.0537. The number of ether oxygens (including phenoxy) is 1. The van der Waals surface area contributed by atoms with Crippen molar-refractivity contribution >= 4 is 11.9 Å². The van der Waals surface area contributed by atoms with Gasteiger partial charge in [0, 0.05) is 12.1 Å². The molecule has 1 amide bonds. The van der Waals surface area contributed by atoms with E-state index in [1.54, 1.807) is 0 Å². The minimum atomic E-state index is -0.913. The molecule has 0 aliphatic rings. The van der Waals surface area contributed by atoms with Crippen LogP contribution >= 0.6 is 0 Å². The van der Waals surface area contributed by atoms with Crippen molar-refractivity contribution < 1.29 is 24.5 Å². The average molecular weight is 333 g/mol. The fourth-order valence-corrected chi connectivity index (χ4v) is 1.91. The van der Waals surface area contributed by atoms with Crippen molar-refractivity contribution in [2.24, 2.45) is 5.73 Å². The highest BCUT2D eigenvalue weighted by molar-refractivity contribution is 5.81. The van der Waals surface area contributed by atoms with Crippen molar-refractivity contribution in [2.45, 2.75) is 51.1 Å². The number of hydrogen-bond acceptors (Lipinski definition) is 6. The number of hydrogen-bond donors (Lipinski definition) is 5. The van der Waals surface area contributed by atoms with Crippen LogP contribution in [-0.4, -0.2) is 66.6 Å². The molecular formula is C15H31N3O5. The van der Waals surface area contributed by atoms with E-state index in [2.05, 4.69) is 10.6 Å². The van der Waals surface area contributed by atoms with Crippen molar-refractivity contribution in [1.82, 2.24) is 10.6 Å². The first-order chi connectivity index (χ1) is 10.8. The van der Waals surface area contributed by atoms with Gasteiger partial charge in [-0.3, -0.25) is 14.9 Å². The molecule has 1 unspecified atom stereocenters. The predicted octanol–water partition coefficient (Wildman–Crippen LogP) is -0.548. The van der Waals surface area contributed by atoms with Crippen molar-refractivity contribution in [2.75, 3.05) is 32.9 Å². The summed E-state index contributed by atoms with van der Waals surface area (Å²) in [4.78, 5) is 22.6. The van der Waals surface area contributed by atoms with Crippen LogP contribution in [0.15, 0.2) is 0 Å². The average Bonchev–Trinajstić information content (AvgIpc) is 2.49. The van der Waals surface area contributed by atoms with E-state index in [9.17, 15) is 14.7 Å². The number of rotatable bonds is 14. The molecule has 0 spiro atoms. The number of carbonyl (C=O) groups excluding carboxylic acids is 1. The Bertz CT molecular complexity index is 350. The highest BCUT2D eigenvalue weighted by Gasteiger charge is 2.25. The molecule has 0 saturated heterocycles. The maximum absolute atomic E-state index is 12.2. The van der Waals surface area contributed by atoms with E-state index in [4.69, 9.17) is 15.6 Å². The van der Waals surface area contributed by atoms with Gasteiger partial charge in [-0.05, 0) is 33.2 Å². The number of nitrogens with two attached hydrogens (primary N) is 1. The van der Waals surface area contributed by atoms with E-state index in [0.717, 1.165) is 12.8 Å². The topological polar surface area (TPSA) is 134 Å². The number of carboxylic acid groups (broad SMARTS) is 1. The van der Waals surface area contributed by atoms with Crippen molar-refractivity contribution in [3.05, 3.63) is 0 Å². The molecule has 0 heterocycles. The number of carbonyl (C=O) groups is 2. The van der Waals surface area contributed by atoms with E-state index < -0.39 is 17.6 Å². The molecule has 0 bridgehead atoms. The normalized spacial score (nSPS) is 12.9. The third-order valence-corrected chi connectivity index (χ3v) is 3.23. The van der Waals surface area contributed by atoms with Gasteiger partial charge >= 0.3 is 5.97 Å². The molecule has 23 heavy (non-hydrogen) atoms. The van der Waals surface area contributed by atoms with E-state index in [0.29, 0.717) is 19.5 Å². The Morgan fingerprint density at radius 3 is 2.52 bits per heavy atom. The molecule has 1 atom stereocenters. The second-order valence-corrected chi connectivity index (χ2v) is 6.07. The maximum Gasteiger partial charge on any atom is 0.305 e. The zero-order valence-corrected chi connectivity index (χ0v) is 14.1. The van der Waals surface area contributed by atoms with Gasteiger partial charge in [-0.15, -0.1) is 0 Å². The summed E-state index contributed by atoms with van der Waals surface area (Å²) in [5, 5.41) is 23.7. The Morgan fingerprint density at radius 1 is 1.26 bits per heavy atom. The van der Waals surface area contributed by atoms with Crippen molar-refractivity contribution in [3.8, 4) is 0 Å². The SMILES string of the molecule is CC(C)(CO)NC(CCCCN)C(=O)NCCOCCC(=O)O. The van der Waals surface area contributed by atoms with Crippen LogP contribution in [0.2, 0.25) is 0 Å². The van der Waals surface area contributed by atoms with Crippen LogP contribution < -0.4 is 16.4 Å². The fraction of sp³-hybridized carbons (Fsp3) is 0.867. The number of aliphatic hydroxyl groups is 1. The lowest BCUT2D eigenvalue weighted by Crippen LogP contribution is -2.54. The third-order valence-electron chi connectivity index (χ3n) is 3.23. The van der Waals surface area contributed by atoms with Gasteiger partial charge in [0.25, 0.3) is 0 Å². The van der Waals surface area contributed by atoms with Crippen LogP contribution in [0.3, 0.4) is 0 Å². The standard InChI is InChI=1S/C15H31N3O5/c1-15(2,11-19)18-12(5-3-4-7-16)14(22)17-8-10-23-9-6-13(20)21/h12,18-19H,3-11,16H2,1-2H3,(H,17,22)(H,20,21). The second kappa shape index (κ2) is 12.2. The molecule has 0 aliphatic heterocycles. The van der Waals surface area contributed by atoms with Gasteiger partial charge in [0.05, 0.1) is 32.3 Å². The number of amides is 1. The Labute approximate surface area is 137 Å².